The Kier molecular flexibility index (Phi) is 4.75. The van der Waals surface area contributed by atoms with Crippen LogP contribution < -0.4 is 10.5 Å². The monoisotopic (exact) mass is 315 g/mol. The van der Waals surface area contributed by atoms with E-state index in [0.717, 1.165) is 24.4 Å². The summed E-state index contributed by atoms with van der Waals surface area (Å²) in [6.45, 7) is 1.99. The summed E-state index contributed by atoms with van der Waals surface area (Å²) >= 11 is 0. The van der Waals surface area contributed by atoms with Crippen LogP contribution in [0.1, 0.15) is 30.9 Å². The van der Waals surface area contributed by atoms with Gasteiger partial charge >= 0.3 is 0 Å². The second-order valence-electron chi connectivity index (χ2n) is 5.71. The lowest BCUT2D eigenvalue weighted by Crippen LogP contribution is -2.28. The summed E-state index contributed by atoms with van der Waals surface area (Å²) in [5.41, 5.74) is 7.50. The van der Waals surface area contributed by atoms with Gasteiger partial charge in [-0.1, -0.05) is 0 Å². The van der Waals surface area contributed by atoms with E-state index in [4.69, 9.17) is 10.5 Å². The molecule has 2 aromatic heterocycles. The molecule has 1 unspecified atom stereocenters. The first-order valence-corrected chi connectivity index (χ1v) is 7.83. The second kappa shape index (κ2) is 7.13. The maximum atomic E-state index is 12.3. The van der Waals surface area contributed by atoms with E-state index in [2.05, 4.69) is 15.2 Å². The number of pyridine rings is 1. The van der Waals surface area contributed by atoms with Crippen molar-refractivity contribution < 1.29 is 9.53 Å². The summed E-state index contributed by atoms with van der Waals surface area (Å²) in [5, 5.41) is 6.89. The molecule has 3 N–H and O–H groups in total. The van der Waals surface area contributed by atoms with E-state index in [9.17, 15) is 4.79 Å². The molecule has 1 aliphatic heterocycles. The van der Waals surface area contributed by atoms with E-state index in [1.807, 2.05) is 17.0 Å². The van der Waals surface area contributed by atoms with Crippen LogP contribution in [-0.2, 0) is 4.79 Å². The van der Waals surface area contributed by atoms with E-state index < -0.39 is 0 Å². The van der Waals surface area contributed by atoms with Gasteiger partial charge in [-0.25, -0.2) is 0 Å². The zero-order chi connectivity index (χ0) is 16.1. The molecular weight excluding hydrogens is 294 g/mol. The number of nitrogen functional groups attached to an aromatic ring is 1. The third-order valence-electron chi connectivity index (χ3n) is 4.09. The number of anilines is 1. The maximum absolute atomic E-state index is 12.3. The molecule has 122 valence electrons. The van der Waals surface area contributed by atoms with Crippen molar-refractivity contribution in [2.45, 2.75) is 25.2 Å². The lowest BCUT2D eigenvalue weighted by atomic mass is 10.0. The van der Waals surface area contributed by atoms with Gasteiger partial charge in [0.2, 0.25) is 5.91 Å². The van der Waals surface area contributed by atoms with Crippen molar-refractivity contribution in [3.63, 3.8) is 0 Å². The van der Waals surface area contributed by atoms with Crippen molar-refractivity contribution in [3.05, 3.63) is 36.4 Å². The highest BCUT2D eigenvalue weighted by Crippen LogP contribution is 2.29. The molecule has 1 saturated heterocycles. The lowest BCUT2D eigenvalue weighted by Gasteiger charge is -2.16. The number of H-pyrrole nitrogens is 1. The van der Waals surface area contributed by atoms with Crippen molar-refractivity contribution >= 4 is 11.6 Å². The number of hydrogen-bond acceptors (Lipinski definition) is 5. The summed E-state index contributed by atoms with van der Waals surface area (Å²) in [6.07, 6.45) is 7.10. The molecule has 2 aromatic rings. The minimum atomic E-state index is 0.167. The quantitative estimate of drug-likeness (QED) is 0.789. The number of aromatic amines is 1. The molecule has 1 atom stereocenters. The van der Waals surface area contributed by atoms with Gasteiger partial charge in [0, 0.05) is 31.6 Å². The molecule has 7 heteroatoms. The largest absolute Gasteiger partial charge is 0.492 e. The number of nitrogens with zero attached hydrogens (tertiary/aromatic N) is 3. The van der Waals surface area contributed by atoms with Gasteiger partial charge in [-0.3, -0.25) is 14.9 Å². The zero-order valence-corrected chi connectivity index (χ0v) is 12.9. The van der Waals surface area contributed by atoms with E-state index in [0.29, 0.717) is 31.7 Å². The van der Waals surface area contributed by atoms with Crippen molar-refractivity contribution in [2.75, 3.05) is 25.4 Å². The third kappa shape index (κ3) is 3.80. The van der Waals surface area contributed by atoms with Crippen molar-refractivity contribution in [3.8, 4) is 5.75 Å². The van der Waals surface area contributed by atoms with E-state index in [-0.39, 0.29) is 11.8 Å². The van der Waals surface area contributed by atoms with Gasteiger partial charge < -0.3 is 15.4 Å². The first-order valence-electron chi connectivity index (χ1n) is 7.83. The van der Waals surface area contributed by atoms with Gasteiger partial charge in [-0.15, -0.1) is 0 Å². The highest BCUT2D eigenvalue weighted by Gasteiger charge is 2.29. The number of rotatable bonds is 6. The van der Waals surface area contributed by atoms with Crippen LogP contribution in [0.3, 0.4) is 0 Å². The van der Waals surface area contributed by atoms with E-state index in [1.165, 1.54) is 0 Å². The van der Waals surface area contributed by atoms with Gasteiger partial charge in [0.05, 0.1) is 30.4 Å². The zero-order valence-electron chi connectivity index (χ0n) is 12.9. The molecule has 23 heavy (non-hydrogen) atoms. The first kappa shape index (κ1) is 15.3. The number of nitrogens with one attached hydrogen (secondary N) is 1. The van der Waals surface area contributed by atoms with Crippen LogP contribution in [0.4, 0.5) is 5.69 Å². The second-order valence-corrected chi connectivity index (χ2v) is 5.71. The Morgan fingerprint density at radius 2 is 2.39 bits per heavy atom. The van der Waals surface area contributed by atoms with Crippen LogP contribution in [0, 0.1) is 0 Å². The smallest absolute Gasteiger partial charge is 0.222 e. The number of ether oxygens (including phenoxy) is 1. The summed E-state index contributed by atoms with van der Waals surface area (Å²) < 4.78 is 5.55. The molecule has 3 rings (SSSR count). The average molecular weight is 315 g/mol. The van der Waals surface area contributed by atoms with Gasteiger partial charge in [-0.05, 0) is 25.0 Å². The molecule has 0 aromatic carbocycles. The minimum absolute atomic E-state index is 0.167. The SMILES string of the molecule is Nc1cn[nH]c1C1CCN(C(=O)CCCOc2cccnc2)C1. The molecule has 1 fully saturated rings. The fourth-order valence-electron chi connectivity index (χ4n) is 2.86. The summed E-state index contributed by atoms with van der Waals surface area (Å²) in [4.78, 5) is 18.1. The van der Waals surface area contributed by atoms with Gasteiger partial charge in [-0.2, -0.15) is 5.10 Å². The Labute approximate surface area is 134 Å². The molecule has 3 heterocycles. The average Bonchev–Trinajstić information content (AvgIpc) is 3.21. The molecule has 0 bridgehead atoms. The standard InChI is InChI=1S/C16H21N5O2/c17-14-10-19-20-16(14)12-5-7-21(11-12)15(22)4-2-8-23-13-3-1-6-18-9-13/h1,3,6,9-10,12H,2,4-5,7-8,11,17H2,(H,19,20). The fourth-order valence-corrected chi connectivity index (χ4v) is 2.86. The molecule has 0 spiro atoms. The first-order chi connectivity index (χ1) is 11.2. The molecule has 1 aliphatic rings. The van der Waals surface area contributed by atoms with Crippen LogP contribution in [0.5, 0.6) is 5.75 Å². The highest BCUT2D eigenvalue weighted by atomic mass is 16.5. The van der Waals surface area contributed by atoms with Crippen LogP contribution >= 0.6 is 0 Å². The van der Waals surface area contributed by atoms with Crippen molar-refractivity contribution in [1.29, 1.82) is 0 Å². The number of amides is 1. The normalized spacial score (nSPS) is 17.4. The van der Waals surface area contributed by atoms with Crippen molar-refractivity contribution in [1.82, 2.24) is 20.1 Å². The highest BCUT2D eigenvalue weighted by molar-refractivity contribution is 5.76. The Morgan fingerprint density at radius 1 is 1.48 bits per heavy atom. The number of carbonyl (C=O) groups excluding carboxylic acids is 1. The van der Waals surface area contributed by atoms with E-state index in [1.54, 1.807) is 18.6 Å². The Morgan fingerprint density at radius 3 is 3.13 bits per heavy atom. The Bertz CT molecular complexity index is 643. The van der Waals surface area contributed by atoms with Crippen LogP contribution in [0.15, 0.2) is 30.7 Å². The fraction of sp³-hybridized carbons (Fsp3) is 0.438. The predicted octanol–water partition coefficient (Wildman–Crippen LogP) is 1.56. The molecule has 0 saturated carbocycles. The van der Waals surface area contributed by atoms with Gasteiger partial charge in [0.15, 0.2) is 0 Å². The lowest BCUT2D eigenvalue weighted by molar-refractivity contribution is -0.130. The molecule has 1 amide bonds. The van der Waals surface area contributed by atoms with Crippen LogP contribution in [-0.4, -0.2) is 45.7 Å². The summed E-state index contributed by atoms with van der Waals surface area (Å²) in [7, 11) is 0. The number of carbonyl (C=O) groups is 1. The van der Waals surface area contributed by atoms with Crippen molar-refractivity contribution in [2.24, 2.45) is 0 Å². The topological polar surface area (TPSA) is 97.1 Å². The number of likely N-dealkylation sites (tertiary alicyclic amines) is 1. The summed E-state index contributed by atoms with van der Waals surface area (Å²) in [5.74, 6) is 1.16. The van der Waals surface area contributed by atoms with Crippen LogP contribution in [0.2, 0.25) is 0 Å². The van der Waals surface area contributed by atoms with E-state index >= 15 is 0 Å². The third-order valence-corrected chi connectivity index (χ3v) is 4.09. The molecule has 7 nitrogen and oxygen atoms in total. The molecule has 0 radical (unpaired) electrons. The number of nitrogens with two attached hydrogens (primary N) is 1. The maximum Gasteiger partial charge on any atom is 0.222 e. The number of hydrogen-bond donors (Lipinski definition) is 2. The van der Waals surface area contributed by atoms with Gasteiger partial charge in [0.1, 0.15) is 5.75 Å². The Balaban J connectivity index is 1.40. The minimum Gasteiger partial charge on any atom is -0.492 e. The molecule has 0 aliphatic carbocycles. The Hall–Kier alpha value is -2.57. The van der Waals surface area contributed by atoms with Gasteiger partial charge in [0.25, 0.3) is 0 Å². The number of aromatic nitrogens is 3. The van der Waals surface area contributed by atoms with Crippen LogP contribution in [0.25, 0.3) is 0 Å². The summed E-state index contributed by atoms with van der Waals surface area (Å²) in [6, 6.07) is 3.68. The molecular formula is C16H21N5O2. The predicted molar refractivity (Wildman–Crippen MR) is 85.9 cm³/mol.